The van der Waals surface area contributed by atoms with Gasteiger partial charge in [0.15, 0.2) is 0 Å². The SMILES string of the molecule is CC(COC(=O)C(C)(C)C)NP(=O)(Cl)Oc1ccccc1. The molecule has 2 unspecified atom stereocenters. The maximum atomic E-state index is 12.1. The van der Waals surface area contributed by atoms with Crippen molar-refractivity contribution in [1.82, 2.24) is 5.09 Å². The molecule has 2 atom stereocenters. The maximum Gasteiger partial charge on any atom is 0.409 e. The van der Waals surface area contributed by atoms with Crippen LogP contribution in [-0.2, 0) is 14.1 Å². The number of carbonyl (C=O) groups is 1. The van der Waals surface area contributed by atoms with Crippen molar-refractivity contribution >= 4 is 24.1 Å². The molecule has 0 aromatic heterocycles. The number of carbonyl (C=O) groups excluding carboxylic acids is 1. The van der Waals surface area contributed by atoms with Crippen LogP contribution in [0.2, 0.25) is 0 Å². The van der Waals surface area contributed by atoms with Crippen LogP contribution in [0.1, 0.15) is 27.7 Å². The van der Waals surface area contributed by atoms with Crippen LogP contribution in [0.4, 0.5) is 0 Å². The van der Waals surface area contributed by atoms with Gasteiger partial charge < -0.3 is 9.26 Å². The van der Waals surface area contributed by atoms with E-state index >= 15 is 0 Å². The average Bonchev–Trinajstić information content (AvgIpc) is 2.34. The summed E-state index contributed by atoms with van der Waals surface area (Å²) in [6, 6.07) is 8.22. The summed E-state index contributed by atoms with van der Waals surface area (Å²) in [5.74, 6) is 0.0757. The molecule has 0 aliphatic carbocycles. The fourth-order valence-electron chi connectivity index (χ4n) is 1.36. The van der Waals surface area contributed by atoms with Crippen molar-refractivity contribution in [2.24, 2.45) is 5.41 Å². The topological polar surface area (TPSA) is 64.6 Å². The fraction of sp³-hybridized carbons (Fsp3) is 0.500. The van der Waals surface area contributed by atoms with Gasteiger partial charge >= 0.3 is 12.8 Å². The summed E-state index contributed by atoms with van der Waals surface area (Å²) in [6.07, 6.45) is 0. The zero-order chi connectivity index (χ0) is 16.1. The number of hydrogen-bond acceptors (Lipinski definition) is 4. The van der Waals surface area contributed by atoms with E-state index in [0.717, 1.165) is 0 Å². The van der Waals surface area contributed by atoms with Gasteiger partial charge in [0.1, 0.15) is 12.4 Å². The molecule has 0 saturated heterocycles. The molecule has 1 rings (SSSR count). The van der Waals surface area contributed by atoms with Crippen molar-refractivity contribution in [1.29, 1.82) is 0 Å². The highest BCUT2D eigenvalue weighted by atomic mass is 35.7. The van der Waals surface area contributed by atoms with Gasteiger partial charge in [-0.15, -0.1) is 0 Å². The predicted octanol–water partition coefficient (Wildman–Crippen LogP) is 3.98. The van der Waals surface area contributed by atoms with E-state index in [1.54, 1.807) is 52.0 Å². The van der Waals surface area contributed by atoms with Crippen LogP contribution in [-0.4, -0.2) is 18.6 Å². The second-order valence-electron chi connectivity index (χ2n) is 5.76. The van der Waals surface area contributed by atoms with Gasteiger partial charge in [-0.2, -0.15) is 0 Å². The highest BCUT2D eigenvalue weighted by Crippen LogP contribution is 2.48. The zero-order valence-electron chi connectivity index (χ0n) is 12.6. The van der Waals surface area contributed by atoms with E-state index in [4.69, 9.17) is 20.5 Å². The summed E-state index contributed by atoms with van der Waals surface area (Å²) in [6.45, 7) is 3.51. The van der Waals surface area contributed by atoms with Gasteiger partial charge in [-0.3, -0.25) is 4.79 Å². The highest BCUT2D eigenvalue weighted by molar-refractivity contribution is 7.84. The number of rotatable bonds is 6. The molecule has 5 nitrogen and oxygen atoms in total. The molecule has 0 bridgehead atoms. The molecular formula is C14H21ClNO4P. The minimum Gasteiger partial charge on any atom is -0.464 e. The summed E-state index contributed by atoms with van der Waals surface area (Å²) >= 11 is 5.85. The third kappa shape index (κ3) is 6.98. The van der Waals surface area contributed by atoms with Gasteiger partial charge in [0.25, 0.3) is 0 Å². The number of para-hydroxylation sites is 1. The fourth-order valence-corrected chi connectivity index (χ4v) is 3.15. The first kappa shape index (κ1) is 18.0. The summed E-state index contributed by atoms with van der Waals surface area (Å²) in [7, 11) is 0. The first-order valence-electron chi connectivity index (χ1n) is 6.59. The largest absolute Gasteiger partial charge is 0.464 e. The van der Waals surface area contributed by atoms with Gasteiger partial charge in [0.2, 0.25) is 0 Å². The Morgan fingerprint density at radius 2 is 1.90 bits per heavy atom. The maximum absolute atomic E-state index is 12.1. The summed E-state index contributed by atoms with van der Waals surface area (Å²) in [4.78, 5) is 11.6. The molecule has 0 radical (unpaired) electrons. The lowest BCUT2D eigenvalue weighted by molar-refractivity contribution is -0.153. The van der Waals surface area contributed by atoms with Crippen LogP contribution in [0.5, 0.6) is 5.75 Å². The van der Waals surface area contributed by atoms with E-state index in [1.165, 1.54) is 0 Å². The molecule has 0 spiro atoms. The van der Waals surface area contributed by atoms with Gasteiger partial charge in [-0.1, -0.05) is 18.2 Å². The first-order chi connectivity index (χ1) is 9.60. The number of esters is 1. The van der Waals surface area contributed by atoms with E-state index in [-0.39, 0.29) is 12.6 Å². The molecule has 21 heavy (non-hydrogen) atoms. The molecule has 1 N–H and O–H groups in total. The number of hydrogen-bond donors (Lipinski definition) is 1. The normalized spacial score (nSPS) is 15.9. The minimum atomic E-state index is -3.54. The summed E-state index contributed by atoms with van der Waals surface area (Å²) in [5.41, 5.74) is -0.578. The minimum absolute atomic E-state index is 0.0605. The van der Waals surface area contributed by atoms with E-state index in [2.05, 4.69) is 5.09 Å². The molecule has 1 aromatic rings. The second-order valence-corrected chi connectivity index (χ2v) is 8.50. The molecule has 0 saturated carbocycles. The Bertz CT molecular complexity index is 515. The van der Waals surface area contributed by atoms with Crippen molar-refractivity contribution in [3.05, 3.63) is 30.3 Å². The van der Waals surface area contributed by atoms with E-state index < -0.39 is 18.3 Å². The Balaban J connectivity index is 2.48. The molecular weight excluding hydrogens is 313 g/mol. The number of nitrogens with one attached hydrogen (secondary N) is 1. The van der Waals surface area contributed by atoms with Crippen LogP contribution in [0.25, 0.3) is 0 Å². The predicted molar refractivity (Wildman–Crippen MR) is 83.5 cm³/mol. The third-order valence-corrected chi connectivity index (χ3v) is 4.11. The summed E-state index contributed by atoms with van der Waals surface area (Å²) < 4.78 is 22.5. The lowest BCUT2D eigenvalue weighted by atomic mass is 9.97. The molecule has 0 aliphatic heterocycles. The van der Waals surface area contributed by atoms with Crippen LogP contribution in [0.3, 0.4) is 0 Å². The molecule has 7 heteroatoms. The second kappa shape index (κ2) is 7.30. The number of ether oxygens (including phenoxy) is 1. The molecule has 0 aliphatic rings. The van der Waals surface area contributed by atoms with Gasteiger partial charge in [0, 0.05) is 17.3 Å². The third-order valence-electron chi connectivity index (χ3n) is 2.42. The number of benzene rings is 1. The van der Waals surface area contributed by atoms with E-state index in [9.17, 15) is 9.36 Å². The Morgan fingerprint density at radius 1 is 1.33 bits per heavy atom. The van der Waals surface area contributed by atoms with E-state index in [1.807, 2.05) is 6.07 Å². The van der Waals surface area contributed by atoms with Gasteiger partial charge in [-0.05, 0) is 39.8 Å². The Hall–Kier alpha value is -1.03. The molecule has 118 valence electrons. The van der Waals surface area contributed by atoms with Crippen molar-refractivity contribution in [3.63, 3.8) is 0 Å². The molecule has 1 aromatic carbocycles. The van der Waals surface area contributed by atoms with Gasteiger partial charge in [-0.25, -0.2) is 9.65 Å². The first-order valence-corrected chi connectivity index (χ1v) is 9.12. The summed E-state index contributed by atoms with van der Waals surface area (Å²) in [5, 5.41) is 2.63. The van der Waals surface area contributed by atoms with Crippen LogP contribution in [0, 0.1) is 5.41 Å². The Kier molecular flexibility index (Phi) is 6.26. The highest BCUT2D eigenvalue weighted by Gasteiger charge is 2.27. The molecule has 0 fully saturated rings. The van der Waals surface area contributed by atoms with Crippen molar-refractivity contribution in [2.45, 2.75) is 33.7 Å². The zero-order valence-corrected chi connectivity index (χ0v) is 14.3. The Labute approximate surface area is 130 Å². The van der Waals surface area contributed by atoms with Crippen molar-refractivity contribution in [2.75, 3.05) is 6.61 Å². The average molecular weight is 334 g/mol. The molecule has 0 heterocycles. The standard InChI is InChI=1S/C14H21ClNO4P/c1-11(10-19-13(17)14(2,3)4)16-21(15,18)20-12-8-6-5-7-9-12/h5-9,11H,10H2,1-4H3,(H,16,18). The lowest BCUT2D eigenvalue weighted by Gasteiger charge is -2.21. The molecule has 0 amide bonds. The lowest BCUT2D eigenvalue weighted by Crippen LogP contribution is -2.32. The van der Waals surface area contributed by atoms with Gasteiger partial charge in [0.05, 0.1) is 5.41 Å². The monoisotopic (exact) mass is 333 g/mol. The van der Waals surface area contributed by atoms with Crippen LogP contribution < -0.4 is 9.61 Å². The quantitative estimate of drug-likeness (QED) is 0.630. The van der Waals surface area contributed by atoms with Crippen molar-refractivity contribution < 1.29 is 18.6 Å². The van der Waals surface area contributed by atoms with Crippen molar-refractivity contribution in [3.8, 4) is 5.75 Å². The smallest absolute Gasteiger partial charge is 0.409 e. The number of halogens is 1. The van der Waals surface area contributed by atoms with Crippen LogP contribution in [0.15, 0.2) is 30.3 Å². The van der Waals surface area contributed by atoms with Crippen LogP contribution >= 0.6 is 18.1 Å². The van der Waals surface area contributed by atoms with E-state index in [0.29, 0.717) is 5.75 Å². The Morgan fingerprint density at radius 3 is 2.43 bits per heavy atom.